The third-order valence-electron chi connectivity index (χ3n) is 4.17. The van der Waals surface area contributed by atoms with Crippen molar-refractivity contribution in [3.8, 4) is 5.75 Å². The number of amides is 4. The largest absolute Gasteiger partial charge is 0.496 e. The van der Waals surface area contributed by atoms with Crippen molar-refractivity contribution in [2.45, 2.75) is 18.9 Å². The Labute approximate surface area is 153 Å². The Bertz CT molecular complexity index is 662. The van der Waals surface area contributed by atoms with Crippen LogP contribution in [0.3, 0.4) is 0 Å². The van der Waals surface area contributed by atoms with Crippen LogP contribution < -0.4 is 15.4 Å². The van der Waals surface area contributed by atoms with Gasteiger partial charge in [0, 0.05) is 19.6 Å². The van der Waals surface area contributed by atoms with E-state index in [-0.39, 0.29) is 24.8 Å². The molecule has 1 atom stereocenters. The molecule has 4 amide bonds. The highest BCUT2D eigenvalue weighted by atomic mass is 16.5. The summed E-state index contributed by atoms with van der Waals surface area (Å²) in [5.74, 6) is 0.0983. The maximum atomic E-state index is 12.4. The molecule has 2 rings (SSSR count). The molecule has 1 aliphatic rings. The Kier molecular flexibility index (Phi) is 6.97. The van der Waals surface area contributed by atoms with Gasteiger partial charge in [0.2, 0.25) is 5.91 Å². The molecule has 0 aliphatic carbocycles. The van der Waals surface area contributed by atoms with Crippen molar-refractivity contribution in [1.29, 1.82) is 0 Å². The number of ether oxygens (including phenoxy) is 1. The highest BCUT2D eigenvalue weighted by Crippen LogP contribution is 2.19. The van der Waals surface area contributed by atoms with E-state index in [2.05, 4.69) is 10.6 Å². The molecule has 2 N–H and O–H groups in total. The molecule has 0 radical (unpaired) electrons. The minimum atomic E-state index is -0.806. The van der Waals surface area contributed by atoms with Gasteiger partial charge < -0.3 is 20.3 Å². The number of hydrogen-bond donors (Lipinski definition) is 2. The second-order valence-corrected chi connectivity index (χ2v) is 6.41. The summed E-state index contributed by atoms with van der Waals surface area (Å²) in [4.78, 5) is 39.6. The topological polar surface area (TPSA) is 91.0 Å². The van der Waals surface area contributed by atoms with E-state index in [0.29, 0.717) is 19.5 Å². The molecular formula is C18H26N4O4. The Morgan fingerprint density at radius 2 is 2.04 bits per heavy atom. The molecule has 0 saturated carbocycles. The smallest absolute Gasteiger partial charge is 0.324 e. The summed E-state index contributed by atoms with van der Waals surface area (Å²) in [6.07, 6.45) is 0.439. The van der Waals surface area contributed by atoms with Crippen LogP contribution in [0.4, 0.5) is 4.79 Å². The zero-order valence-electron chi connectivity index (χ0n) is 15.4. The third kappa shape index (κ3) is 5.19. The number of likely N-dealkylation sites (N-methyl/N-ethyl adjacent to an activating group) is 1. The summed E-state index contributed by atoms with van der Waals surface area (Å²) >= 11 is 0. The fraction of sp³-hybridized carbons (Fsp3) is 0.500. The number of imide groups is 1. The van der Waals surface area contributed by atoms with Gasteiger partial charge in [-0.25, -0.2) is 4.79 Å². The van der Waals surface area contributed by atoms with E-state index in [0.717, 1.165) is 16.2 Å². The van der Waals surface area contributed by atoms with Crippen molar-refractivity contribution in [3.63, 3.8) is 0 Å². The first kappa shape index (κ1) is 19.7. The zero-order valence-corrected chi connectivity index (χ0v) is 15.4. The SMILES string of the molecule is COc1ccccc1CCN1C(=O)NC(CC(=O)NCCN(C)C)C1=O. The summed E-state index contributed by atoms with van der Waals surface area (Å²) in [5.41, 5.74) is 0.917. The number of nitrogens with zero attached hydrogens (tertiary/aromatic N) is 2. The monoisotopic (exact) mass is 362 g/mol. The number of carbonyl (C=O) groups is 3. The second kappa shape index (κ2) is 9.19. The maximum Gasteiger partial charge on any atom is 0.324 e. The van der Waals surface area contributed by atoms with E-state index in [9.17, 15) is 14.4 Å². The zero-order chi connectivity index (χ0) is 19.1. The molecular weight excluding hydrogens is 336 g/mol. The molecule has 0 spiro atoms. The first-order valence-corrected chi connectivity index (χ1v) is 8.57. The van der Waals surface area contributed by atoms with Gasteiger partial charge >= 0.3 is 6.03 Å². The van der Waals surface area contributed by atoms with Gasteiger partial charge in [0.25, 0.3) is 5.91 Å². The number of urea groups is 1. The molecule has 1 unspecified atom stereocenters. The number of methoxy groups -OCH3 is 1. The van der Waals surface area contributed by atoms with Gasteiger partial charge in [-0.1, -0.05) is 18.2 Å². The molecule has 1 heterocycles. The average Bonchev–Trinajstić information content (AvgIpc) is 2.86. The van der Waals surface area contributed by atoms with Crippen LogP contribution in [-0.4, -0.2) is 74.5 Å². The van der Waals surface area contributed by atoms with Crippen LogP contribution in [0.25, 0.3) is 0 Å². The molecule has 1 saturated heterocycles. The predicted molar refractivity (Wildman–Crippen MR) is 96.9 cm³/mol. The van der Waals surface area contributed by atoms with Gasteiger partial charge in [0.05, 0.1) is 13.5 Å². The minimum Gasteiger partial charge on any atom is -0.496 e. The standard InChI is InChI=1S/C18H26N4O4/c1-21(2)11-9-19-16(23)12-14-17(24)22(18(25)20-14)10-8-13-6-4-5-7-15(13)26-3/h4-7,14H,8-12H2,1-3H3,(H,19,23)(H,20,25). The molecule has 142 valence electrons. The average molecular weight is 362 g/mol. The van der Waals surface area contributed by atoms with Crippen molar-refractivity contribution in [2.24, 2.45) is 0 Å². The first-order chi connectivity index (χ1) is 12.4. The number of carbonyl (C=O) groups excluding carboxylic acids is 3. The minimum absolute atomic E-state index is 0.0524. The molecule has 1 aromatic carbocycles. The molecule has 0 bridgehead atoms. The van der Waals surface area contributed by atoms with E-state index in [1.807, 2.05) is 43.3 Å². The number of nitrogens with one attached hydrogen (secondary N) is 2. The molecule has 1 aromatic rings. The first-order valence-electron chi connectivity index (χ1n) is 8.57. The Morgan fingerprint density at radius 3 is 2.73 bits per heavy atom. The van der Waals surface area contributed by atoms with E-state index >= 15 is 0 Å². The lowest BCUT2D eigenvalue weighted by Crippen LogP contribution is -2.38. The second-order valence-electron chi connectivity index (χ2n) is 6.41. The fourth-order valence-electron chi connectivity index (χ4n) is 2.75. The van der Waals surface area contributed by atoms with Crippen LogP contribution in [0.15, 0.2) is 24.3 Å². The lowest BCUT2D eigenvalue weighted by atomic mass is 10.1. The van der Waals surface area contributed by atoms with Gasteiger partial charge in [-0.3, -0.25) is 14.5 Å². The Morgan fingerprint density at radius 1 is 1.31 bits per heavy atom. The summed E-state index contributed by atoms with van der Waals surface area (Å²) in [6, 6.07) is 6.20. The van der Waals surface area contributed by atoms with Crippen molar-refractivity contribution < 1.29 is 19.1 Å². The summed E-state index contributed by atoms with van der Waals surface area (Å²) in [7, 11) is 5.40. The van der Waals surface area contributed by atoms with Crippen molar-refractivity contribution in [3.05, 3.63) is 29.8 Å². The van der Waals surface area contributed by atoms with E-state index < -0.39 is 12.1 Å². The third-order valence-corrected chi connectivity index (χ3v) is 4.17. The van der Waals surface area contributed by atoms with E-state index in [1.54, 1.807) is 7.11 Å². The normalized spacial score (nSPS) is 16.8. The predicted octanol–water partition coefficient (Wildman–Crippen LogP) is 0.226. The molecule has 8 nitrogen and oxygen atoms in total. The van der Waals surface area contributed by atoms with Gasteiger partial charge in [0.15, 0.2) is 0 Å². The lowest BCUT2D eigenvalue weighted by Gasteiger charge is -2.14. The molecule has 26 heavy (non-hydrogen) atoms. The van der Waals surface area contributed by atoms with Crippen molar-refractivity contribution in [1.82, 2.24) is 20.4 Å². The number of rotatable bonds is 9. The van der Waals surface area contributed by atoms with E-state index in [1.165, 1.54) is 0 Å². The summed E-state index contributed by atoms with van der Waals surface area (Å²) < 4.78 is 5.28. The van der Waals surface area contributed by atoms with E-state index in [4.69, 9.17) is 4.74 Å². The molecule has 0 aromatic heterocycles. The van der Waals surface area contributed by atoms with Crippen LogP contribution in [0.1, 0.15) is 12.0 Å². The van der Waals surface area contributed by atoms with Gasteiger partial charge in [0.1, 0.15) is 11.8 Å². The Hall–Kier alpha value is -2.61. The number of para-hydroxylation sites is 1. The molecule has 1 aliphatic heterocycles. The van der Waals surface area contributed by atoms with Crippen molar-refractivity contribution >= 4 is 17.8 Å². The van der Waals surface area contributed by atoms with Crippen LogP contribution in [0.2, 0.25) is 0 Å². The maximum absolute atomic E-state index is 12.4. The number of hydrogen-bond acceptors (Lipinski definition) is 5. The molecule has 8 heteroatoms. The van der Waals surface area contributed by atoms with Crippen LogP contribution in [-0.2, 0) is 16.0 Å². The van der Waals surface area contributed by atoms with Gasteiger partial charge in [-0.15, -0.1) is 0 Å². The fourth-order valence-corrected chi connectivity index (χ4v) is 2.75. The summed E-state index contributed by atoms with van der Waals surface area (Å²) in [5, 5.41) is 5.33. The molecule has 1 fully saturated rings. The van der Waals surface area contributed by atoms with Crippen molar-refractivity contribution in [2.75, 3.05) is 40.8 Å². The van der Waals surface area contributed by atoms with Crippen LogP contribution >= 0.6 is 0 Å². The number of benzene rings is 1. The van der Waals surface area contributed by atoms with Gasteiger partial charge in [-0.2, -0.15) is 0 Å². The van der Waals surface area contributed by atoms with Crippen LogP contribution in [0, 0.1) is 0 Å². The highest BCUT2D eigenvalue weighted by molar-refractivity contribution is 6.05. The highest BCUT2D eigenvalue weighted by Gasteiger charge is 2.38. The van der Waals surface area contributed by atoms with Gasteiger partial charge in [-0.05, 0) is 32.1 Å². The Balaban J connectivity index is 1.87. The lowest BCUT2D eigenvalue weighted by molar-refractivity contribution is -0.130. The summed E-state index contributed by atoms with van der Waals surface area (Å²) in [6.45, 7) is 1.45. The quantitative estimate of drug-likeness (QED) is 0.614. The van der Waals surface area contributed by atoms with Crippen LogP contribution in [0.5, 0.6) is 5.75 Å².